The minimum Gasteiger partial charge on any atom is -0.377 e. The Bertz CT molecular complexity index is 260. The van der Waals surface area contributed by atoms with E-state index < -0.39 is 0 Å². The molecular formula is C11H17NOS. The van der Waals surface area contributed by atoms with Gasteiger partial charge in [-0.05, 0) is 24.3 Å². The van der Waals surface area contributed by atoms with E-state index in [0.717, 1.165) is 26.0 Å². The molecule has 1 aromatic heterocycles. The summed E-state index contributed by atoms with van der Waals surface area (Å²) < 4.78 is 5.72. The van der Waals surface area contributed by atoms with Crippen LogP contribution in [0.1, 0.15) is 30.7 Å². The van der Waals surface area contributed by atoms with E-state index in [0.29, 0.717) is 12.1 Å². The van der Waals surface area contributed by atoms with Crippen LogP contribution in [-0.2, 0) is 4.74 Å². The lowest BCUT2D eigenvalue weighted by Gasteiger charge is -2.14. The van der Waals surface area contributed by atoms with Crippen LogP contribution in [-0.4, -0.2) is 19.3 Å². The van der Waals surface area contributed by atoms with E-state index in [1.807, 2.05) is 11.3 Å². The Kier molecular flexibility index (Phi) is 3.56. The molecule has 0 bridgehead atoms. The Morgan fingerprint density at radius 3 is 3.29 bits per heavy atom. The van der Waals surface area contributed by atoms with Gasteiger partial charge in [-0.3, -0.25) is 0 Å². The van der Waals surface area contributed by atoms with E-state index in [2.05, 4.69) is 29.8 Å². The first-order valence-electron chi connectivity index (χ1n) is 5.28. The van der Waals surface area contributed by atoms with E-state index in [4.69, 9.17) is 4.74 Å². The molecule has 0 spiro atoms. The highest BCUT2D eigenvalue weighted by molar-refractivity contribution is 7.10. The topological polar surface area (TPSA) is 21.3 Å². The molecule has 1 saturated heterocycles. The second-order valence-electron chi connectivity index (χ2n) is 3.67. The van der Waals surface area contributed by atoms with Crippen molar-refractivity contribution in [2.75, 3.05) is 13.2 Å². The van der Waals surface area contributed by atoms with Gasteiger partial charge < -0.3 is 10.1 Å². The Morgan fingerprint density at radius 1 is 1.64 bits per heavy atom. The Balaban J connectivity index is 1.96. The molecule has 0 aliphatic carbocycles. The summed E-state index contributed by atoms with van der Waals surface area (Å²) in [6.07, 6.45) is 2.60. The van der Waals surface area contributed by atoms with Gasteiger partial charge in [0, 0.05) is 24.1 Å². The van der Waals surface area contributed by atoms with Crippen LogP contribution in [0.25, 0.3) is 0 Å². The summed E-state index contributed by atoms with van der Waals surface area (Å²) >= 11 is 1.83. The van der Waals surface area contributed by atoms with Crippen LogP contribution in [0.15, 0.2) is 17.5 Å². The van der Waals surface area contributed by atoms with E-state index in [1.54, 1.807) is 0 Å². The maximum Gasteiger partial charge on any atom is 0.0697 e. The normalized spacial score (nSPS) is 28.6. The van der Waals surface area contributed by atoms with Gasteiger partial charge in [0.25, 0.3) is 0 Å². The van der Waals surface area contributed by atoms with Crippen molar-refractivity contribution < 1.29 is 4.74 Å². The van der Waals surface area contributed by atoms with Gasteiger partial charge in [0.15, 0.2) is 0 Å². The van der Waals surface area contributed by atoms with Crippen LogP contribution in [0.3, 0.4) is 0 Å². The van der Waals surface area contributed by atoms with Crippen LogP contribution in [0.5, 0.6) is 0 Å². The predicted molar refractivity (Wildman–Crippen MR) is 59.7 cm³/mol. The molecule has 2 rings (SSSR count). The largest absolute Gasteiger partial charge is 0.377 e. The first-order chi connectivity index (χ1) is 6.90. The SMILES string of the molecule is CCC1CNC(c2cccs2)CCO1. The van der Waals surface area contributed by atoms with Gasteiger partial charge in [-0.1, -0.05) is 13.0 Å². The number of hydrogen-bond donors (Lipinski definition) is 1. The molecule has 1 fully saturated rings. The maximum absolute atomic E-state index is 5.72. The standard InChI is InChI=1S/C11H17NOS/c1-2-9-8-12-10(5-6-13-9)11-4-3-7-14-11/h3-4,7,9-10,12H,2,5-6,8H2,1H3. The Labute approximate surface area is 89.3 Å². The molecule has 1 aliphatic heterocycles. The second-order valence-corrected chi connectivity index (χ2v) is 4.65. The first kappa shape index (κ1) is 10.1. The molecule has 0 saturated carbocycles. The lowest BCUT2D eigenvalue weighted by molar-refractivity contribution is 0.0642. The molecule has 2 unspecified atom stereocenters. The zero-order valence-corrected chi connectivity index (χ0v) is 9.35. The molecular weight excluding hydrogens is 194 g/mol. The quantitative estimate of drug-likeness (QED) is 0.812. The maximum atomic E-state index is 5.72. The number of nitrogens with one attached hydrogen (secondary N) is 1. The van der Waals surface area contributed by atoms with Crippen LogP contribution < -0.4 is 5.32 Å². The van der Waals surface area contributed by atoms with Gasteiger partial charge in [0.1, 0.15) is 0 Å². The minimum absolute atomic E-state index is 0.403. The summed E-state index contributed by atoms with van der Waals surface area (Å²) in [6.45, 7) is 4.05. The monoisotopic (exact) mass is 211 g/mol. The van der Waals surface area contributed by atoms with Crippen molar-refractivity contribution in [1.29, 1.82) is 0 Å². The lowest BCUT2D eigenvalue weighted by Crippen LogP contribution is -2.27. The summed E-state index contributed by atoms with van der Waals surface area (Å²) in [5.41, 5.74) is 0. The van der Waals surface area contributed by atoms with Crippen molar-refractivity contribution >= 4 is 11.3 Å². The molecule has 78 valence electrons. The molecule has 14 heavy (non-hydrogen) atoms. The van der Waals surface area contributed by atoms with Gasteiger partial charge in [-0.25, -0.2) is 0 Å². The third-order valence-electron chi connectivity index (χ3n) is 2.69. The summed E-state index contributed by atoms with van der Waals surface area (Å²) in [6, 6.07) is 4.82. The third-order valence-corrected chi connectivity index (χ3v) is 3.68. The fraction of sp³-hybridized carbons (Fsp3) is 0.636. The second kappa shape index (κ2) is 4.91. The zero-order chi connectivity index (χ0) is 9.80. The Morgan fingerprint density at radius 2 is 2.57 bits per heavy atom. The molecule has 2 nitrogen and oxygen atoms in total. The van der Waals surface area contributed by atoms with Crippen molar-refractivity contribution in [3.8, 4) is 0 Å². The van der Waals surface area contributed by atoms with Crippen molar-refractivity contribution in [3.63, 3.8) is 0 Å². The van der Waals surface area contributed by atoms with Gasteiger partial charge in [0.2, 0.25) is 0 Å². The highest BCUT2D eigenvalue weighted by Crippen LogP contribution is 2.23. The van der Waals surface area contributed by atoms with E-state index >= 15 is 0 Å². The summed E-state index contributed by atoms with van der Waals surface area (Å²) in [5, 5.41) is 5.71. The van der Waals surface area contributed by atoms with Crippen LogP contribution >= 0.6 is 11.3 Å². The number of rotatable bonds is 2. The highest BCUT2D eigenvalue weighted by atomic mass is 32.1. The zero-order valence-electron chi connectivity index (χ0n) is 8.53. The van der Waals surface area contributed by atoms with Gasteiger partial charge in [-0.15, -0.1) is 11.3 Å². The average Bonchev–Trinajstić information content (AvgIpc) is 2.63. The van der Waals surface area contributed by atoms with Gasteiger partial charge in [0.05, 0.1) is 6.10 Å². The molecule has 3 heteroatoms. The molecule has 2 atom stereocenters. The van der Waals surface area contributed by atoms with Crippen molar-refractivity contribution in [2.45, 2.75) is 31.9 Å². The van der Waals surface area contributed by atoms with E-state index in [9.17, 15) is 0 Å². The summed E-state index contributed by atoms with van der Waals surface area (Å²) in [5.74, 6) is 0. The smallest absolute Gasteiger partial charge is 0.0697 e. The van der Waals surface area contributed by atoms with Crippen LogP contribution in [0, 0.1) is 0 Å². The Hall–Kier alpha value is -0.380. The number of thiophene rings is 1. The van der Waals surface area contributed by atoms with E-state index in [1.165, 1.54) is 4.88 Å². The predicted octanol–water partition coefficient (Wildman–Crippen LogP) is 2.58. The lowest BCUT2D eigenvalue weighted by atomic mass is 10.2. The molecule has 1 aromatic rings. The van der Waals surface area contributed by atoms with E-state index in [-0.39, 0.29) is 0 Å². The van der Waals surface area contributed by atoms with Gasteiger partial charge >= 0.3 is 0 Å². The highest BCUT2D eigenvalue weighted by Gasteiger charge is 2.18. The molecule has 0 radical (unpaired) electrons. The van der Waals surface area contributed by atoms with Crippen LogP contribution in [0.2, 0.25) is 0 Å². The van der Waals surface area contributed by atoms with Crippen molar-refractivity contribution in [1.82, 2.24) is 5.32 Å². The van der Waals surface area contributed by atoms with Gasteiger partial charge in [-0.2, -0.15) is 0 Å². The summed E-state index contributed by atoms with van der Waals surface area (Å²) in [4.78, 5) is 1.44. The third kappa shape index (κ3) is 2.35. The fourth-order valence-corrected chi connectivity index (χ4v) is 2.62. The minimum atomic E-state index is 0.403. The molecule has 0 aromatic carbocycles. The number of hydrogen-bond acceptors (Lipinski definition) is 3. The molecule has 1 aliphatic rings. The summed E-state index contributed by atoms with van der Waals surface area (Å²) in [7, 11) is 0. The first-order valence-corrected chi connectivity index (χ1v) is 6.16. The molecule has 1 N–H and O–H groups in total. The molecule has 0 amide bonds. The van der Waals surface area contributed by atoms with Crippen molar-refractivity contribution in [2.24, 2.45) is 0 Å². The fourth-order valence-electron chi connectivity index (χ4n) is 1.78. The van der Waals surface area contributed by atoms with Crippen molar-refractivity contribution in [3.05, 3.63) is 22.4 Å². The average molecular weight is 211 g/mol. The molecule has 2 heterocycles. The number of ether oxygens (including phenoxy) is 1. The van der Waals surface area contributed by atoms with Crippen LogP contribution in [0.4, 0.5) is 0 Å².